The molecule has 0 aromatic carbocycles. The summed E-state index contributed by atoms with van der Waals surface area (Å²) in [6.07, 6.45) is 6.53. The third-order valence-electron chi connectivity index (χ3n) is 6.70. The molecule has 4 heterocycles. The van der Waals surface area contributed by atoms with Crippen molar-refractivity contribution in [2.24, 2.45) is 10.8 Å². The van der Waals surface area contributed by atoms with E-state index < -0.39 is 40.6 Å². The van der Waals surface area contributed by atoms with Crippen LogP contribution in [0.5, 0.6) is 0 Å². The first-order valence-electron chi connectivity index (χ1n) is 10.3. The molecule has 2 aromatic rings. The number of Topliss-reactive ketones (excluding diaryl/α,β-unsaturated/α-hetero) is 1. The van der Waals surface area contributed by atoms with E-state index in [1.165, 1.54) is 14.2 Å². The number of rotatable bonds is 4. The molecule has 0 radical (unpaired) electrons. The summed E-state index contributed by atoms with van der Waals surface area (Å²) in [5, 5.41) is 0. The number of ketones is 1. The number of fused-ring (bicyclic) bond motifs is 2. The van der Waals surface area contributed by atoms with E-state index in [9.17, 15) is 14.4 Å². The number of hydrogen-bond donors (Lipinski definition) is 0. The summed E-state index contributed by atoms with van der Waals surface area (Å²) in [6.45, 7) is 0.196. The molecule has 2 aliphatic rings. The van der Waals surface area contributed by atoms with Crippen LogP contribution in [0.3, 0.4) is 0 Å². The van der Waals surface area contributed by atoms with Gasteiger partial charge in [0.05, 0.1) is 26.3 Å². The number of ether oxygens (including phenoxy) is 2. The van der Waals surface area contributed by atoms with Gasteiger partial charge in [-0.3, -0.25) is 29.3 Å². The quantitative estimate of drug-likeness (QED) is 0.512. The standard InChI is InChI=1S/C23H26N4O5/c1-26-13-22(20(29)31-3)17(15-7-5-9-24-11-15)27(2)18(16-8-6-10-25-12-16)23(14-26,19(22)28)21(30)32-4/h5-12,17-18H,13-14H2,1-4H3. The molecule has 2 aromatic heterocycles. The van der Waals surface area contributed by atoms with E-state index in [1.54, 1.807) is 44.0 Å². The Morgan fingerprint density at radius 1 is 0.906 bits per heavy atom. The Kier molecular flexibility index (Phi) is 5.56. The number of esters is 2. The van der Waals surface area contributed by atoms with E-state index in [-0.39, 0.29) is 13.1 Å². The zero-order valence-electron chi connectivity index (χ0n) is 18.5. The van der Waals surface area contributed by atoms with Gasteiger partial charge in [-0.2, -0.15) is 0 Å². The molecule has 2 saturated heterocycles. The molecular weight excluding hydrogens is 412 g/mol. The van der Waals surface area contributed by atoms with Gasteiger partial charge in [-0.15, -0.1) is 0 Å². The molecule has 9 heteroatoms. The third kappa shape index (κ3) is 2.88. The molecule has 0 N–H and O–H groups in total. The predicted octanol–water partition coefficient (Wildman–Crippen LogP) is 1.04. The predicted molar refractivity (Wildman–Crippen MR) is 113 cm³/mol. The highest BCUT2D eigenvalue weighted by Crippen LogP contribution is 2.60. The number of hydrogen-bond acceptors (Lipinski definition) is 9. The summed E-state index contributed by atoms with van der Waals surface area (Å²) in [5.41, 5.74) is -1.94. The molecule has 2 fully saturated rings. The molecule has 9 nitrogen and oxygen atoms in total. The molecule has 0 saturated carbocycles. The minimum atomic E-state index is -1.65. The lowest BCUT2D eigenvalue weighted by Crippen LogP contribution is -2.75. The smallest absolute Gasteiger partial charge is 0.322 e. The first kappa shape index (κ1) is 22.0. The lowest BCUT2D eigenvalue weighted by Gasteiger charge is -2.60. The highest BCUT2D eigenvalue weighted by atomic mass is 16.5. The van der Waals surface area contributed by atoms with Gasteiger partial charge in [0.25, 0.3) is 0 Å². The molecule has 0 spiro atoms. The molecule has 0 amide bonds. The Labute approximate surface area is 186 Å². The first-order chi connectivity index (χ1) is 15.3. The van der Waals surface area contributed by atoms with Gasteiger partial charge in [-0.05, 0) is 37.4 Å². The number of carbonyl (C=O) groups is 3. The molecule has 4 unspecified atom stereocenters. The minimum Gasteiger partial charge on any atom is -0.468 e. The molecular formula is C23H26N4O5. The van der Waals surface area contributed by atoms with Gasteiger partial charge < -0.3 is 14.4 Å². The van der Waals surface area contributed by atoms with Crippen molar-refractivity contribution in [3.63, 3.8) is 0 Å². The van der Waals surface area contributed by atoms with Crippen LogP contribution in [-0.2, 0) is 23.9 Å². The van der Waals surface area contributed by atoms with Gasteiger partial charge >= 0.3 is 11.9 Å². The molecule has 4 atom stereocenters. The van der Waals surface area contributed by atoms with Crippen LogP contribution in [0.15, 0.2) is 49.1 Å². The van der Waals surface area contributed by atoms with E-state index in [0.717, 1.165) is 0 Å². The van der Waals surface area contributed by atoms with E-state index in [1.807, 2.05) is 29.0 Å². The monoisotopic (exact) mass is 438 g/mol. The lowest BCUT2D eigenvalue weighted by molar-refractivity contribution is -0.202. The van der Waals surface area contributed by atoms with Crippen LogP contribution >= 0.6 is 0 Å². The Hall–Kier alpha value is -3.17. The minimum absolute atomic E-state index is 0.0981. The summed E-state index contributed by atoms with van der Waals surface area (Å²) < 4.78 is 10.4. The van der Waals surface area contributed by atoms with E-state index in [0.29, 0.717) is 11.1 Å². The summed E-state index contributed by atoms with van der Waals surface area (Å²) >= 11 is 0. The normalized spacial score (nSPS) is 30.6. The van der Waals surface area contributed by atoms with E-state index >= 15 is 0 Å². The molecule has 32 heavy (non-hydrogen) atoms. The number of likely N-dealkylation sites (tertiary alicyclic amines) is 2. The van der Waals surface area contributed by atoms with Crippen molar-refractivity contribution in [3.05, 3.63) is 60.2 Å². The van der Waals surface area contributed by atoms with Gasteiger partial charge in [0, 0.05) is 37.9 Å². The lowest BCUT2D eigenvalue weighted by atomic mass is 9.54. The zero-order valence-corrected chi connectivity index (χ0v) is 18.5. The van der Waals surface area contributed by atoms with Gasteiger partial charge in [-0.25, -0.2) is 0 Å². The van der Waals surface area contributed by atoms with E-state index in [4.69, 9.17) is 9.47 Å². The first-order valence-corrected chi connectivity index (χ1v) is 10.3. The third-order valence-corrected chi connectivity index (χ3v) is 6.70. The van der Waals surface area contributed by atoms with Crippen LogP contribution in [0.25, 0.3) is 0 Å². The number of carbonyl (C=O) groups excluding carboxylic acids is 3. The fraction of sp³-hybridized carbons (Fsp3) is 0.435. The molecule has 2 aliphatic heterocycles. The Morgan fingerprint density at radius 2 is 1.34 bits per heavy atom. The second-order valence-electron chi connectivity index (χ2n) is 8.47. The van der Waals surface area contributed by atoms with Crippen molar-refractivity contribution in [1.29, 1.82) is 0 Å². The second-order valence-corrected chi connectivity index (χ2v) is 8.47. The summed E-state index contributed by atoms with van der Waals surface area (Å²) in [6, 6.07) is 5.72. The summed E-state index contributed by atoms with van der Waals surface area (Å²) in [4.78, 5) is 53.4. The fourth-order valence-electron chi connectivity index (χ4n) is 5.73. The van der Waals surface area contributed by atoms with Crippen LogP contribution in [0, 0.1) is 10.8 Å². The van der Waals surface area contributed by atoms with Crippen LogP contribution in [-0.4, -0.2) is 78.9 Å². The van der Waals surface area contributed by atoms with Gasteiger partial charge in [0.1, 0.15) is 0 Å². The average Bonchev–Trinajstić information content (AvgIpc) is 2.81. The van der Waals surface area contributed by atoms with Crippen molar-refractivity contribution in [3.8, 4) is 0 Å². The van der Waals surface area contributed by atoms with Crippen LogP contribution < -0.4 is 0 Å². The number of pyridine rings is 2. The summed E-state index contributed by atoms with van der Waals surface area (Å²) in [5.74, 6) is -1.87. The van der Waals surface area contributed by atoms with Crippen LogP contribution in [0.4, 0.5) is 0 Å². The largest absolute Gasteiger partial charge is 0.468 e. The van der Waals surface area contributed by atoms with Gasteiger partial charge in [0.15, 0.2) is 16.6 Å². The number of piperidine rings is 2. The van der Waals surface area contributed by atoms with Crippen molar-refractivity contribution in [1.82, 2.24) is 19.8 Å². The van der Waals surface area contributed by atoms with Crippen LogP contribution in [0.1, 0.15) is 23.2 Å². The number of methoxy groups -OCH3 is 2. The molecule has 168 valence electrons. The molecule has 2 bridgehead atoms. The van der Waals surface area contributed by atoms with Crippen molar-refractivity contribution < 1.29 is 23.9 Å². The molecule has 4 rings (SSSR count). The second kappa shape index (κ2) is 8.07. The Balaban J connectivity index is 2.07. The maximum absolute atomic E-state index is 14.4. The fourth-order valence-corrected chi connectivity index (χ4v) is 5.73. The SMILES string of the molecule is COC(=O)C12CN(C)CC(C(=O)OC)(C1=O)C(c1cccnc1)N(C)C2c1cccnc1. The zero-order chi connectivity index (χ0) is 23.1. The Morgan fingerprint density at radius 3 is 1.69 bits per heavy atom. The van der Waals surface area contributed by atoms with E-state index in [2.05, 4.69) is 9.97 Å². The van der Waals surface area contributed by atoms with Gasteiger partial charge in [0.2, 0.25) is 0 Å². The maximum atomic E-state index is 14.4. The highest BCUT2D eigenvalue weighted by molar-refractivity contribution is 6.17. The molecule has 0 aliphatic carbocycles. The van der Waals surface area contributed by atoms with Crippen molar-refractivity contribution >= 4 is 17.7 Å². The maximum Gasteiger partial charge on any atom is 0.322 e. The van der Waals surface area contributed by atoms with Crippen molar-refractivity contribution in [2.75, 3.05) is 41.4 Å². The van der Waals surface area contributed by atoms with Gasteiger partial charge in [-0.1, -0.05) is 12.1 Å². The summed E-state index contributed by atoms with van der Waals surface area (Å²) in [7, 11) is 6.11. The van der Waals surface area contributed by atoms with Crippen LogP contribution in [0.2, 0.25) is 0 Å². The number of aromatic nitrogens is 2. The Bertz CT molecular complexity index is 954. The topological polar surface area (TPSA) is 102 Å². The highest BCUT2D eigenvalue weighted by Gasteiger charge is 2.74. The average molecular weight is 438 g/mol. The van der Waals surface area contributed by atoms with Crippen molar-refractivity contribution in [2.45, 2.75) is 12.1 Å². The number of nitrogens with zero attached hydrogens (tertiary/aromatic N) is 4.